The van der Waals surface area contributed by atoms with Crippen molar-refractivity contribution in [3.05, 3.63) is 76.6 Å². The molecule has 0 fully saturated rings. The summed E-state index contributed by atoms with van der Waals surface area (Å²) in [4.78, 5) is 25.6. The number of carbonyl (C=O) groups excluding carboxylic acids is 2. The summed E-state index contributed by atoms with van der Waals surface area (Å²) in [5.41, 5.74) is -0.818. The van der Waals surface area contributed by atoms with Gasteiger partial charge in [-0.1, -0.05) is 12.1 Å². The molecule has 3 rings (SSSR count). The SMILES string of the molecule is CN(C)S(=O)(=O)c1ccc(C(=O)OC2=C(C(=O)c3cccc(C(F)(F)F)c3)CCCC2)cc1. The number of hydrogen-bond donors (Lipinski definition) is 0. The minimum Gasteiger partial charge on any atom is -0.427 e. The second kappa shape index (κ2) is 9.48. The zero-order valence-corrected chi connectivity index (χ0v) is 18.8. The van der Waals surface area contributed by atoms with Crippen LogP contribution in [-0.4, -0.2) is 38.6 Å². The van der Waals surface area contributed by atoms with Crippen LogP contribution in [0.1, 0.15) is 52.0 Å². The van der Waals surface area contributed by atoms with Gasteiger partial charge < -0.3 is 4.74 Å². The van der Waals surface area contributed by atoms with E-state index in [-0.39, 0.29) is 33.8 Å². The smallest absolute Gasteiger partial charge is 0.416 e. The number of esters is 1. The van der Waals surface area contributed by atoms with Gasteiger partial charge in [-0.15, -0.1) is 0 Å². The van der Waals surface area contributed by atoms with E-state index in [1.54, 1.807) is 0 Å². The molecule has 2 aromatic rings. The molecule has 0 atom stereocenters. The molecule has 0 N–H and O–H groups in total. The molecule has 0 bridgehead atoms. The fourth-order valence-electron chi connectivity index (χ4n) is 3.39. The number of rotatable bonds is 6. The van der Waals surface area contributed by atoms with Crippen LogP contribution < -0.4 is 0 Å². The van der Waals surface area contributed by atoms with E-state index in [2.05, 4.69) is 0 Å². The first kappa shape index (κ1) is 24.7. The normalized spacial score (nSPS) is 15.0. The van der Waals surface area contributed by atoms with Crippen molar-refractivity contribution in [1.29, 1.82) is 0 Å². The quantitative estimate of drug-likeness (QED) is 0.436. The lowest BCUT2D eigenvalue weighted by Crippen LogP contribution is -2.22. The monoisotopic (exact) mass is 481 g/mol. The summed E-state index contributed by atoms with van der Waals surface area (Å²) in [5, 5.41) is 0. The maximum Gasteiger partial charge on any atom is 0.416 e. The van der Waals surface area contributed by atoms with Crippen LogP contribution in [0.4, 0.5) is 13.2 Å². The van der Waals surface area contributed by atoms with Crippen LogP contribution in [0.15, 0.2) is 64.8 Å². The number of benzene rings is 2. The first-order valence-corrected chi connectivity index (χ1v) is 11.5. The molecule has 6 nitrogen and oxygen atoms in total. The summed E-state index contributed by atoms with van der Waals surface area (Å²) in [6.07, 6.45) is -2.73. The van der Waals surface area contributed by atoms with E-state index in [1.165, 1.54) is 44.4 Å². The Morgan fingerprint density at radius 3 is 2.18 bits per heavy atom. The highest BCUT2D eigenvalue weighted by Crippen LogP contribution is 2.32. The molecule has 0 aliphatic heterocycles. The van der Waals surface area contributed by atoms with E-state index in [0.29, 0.717) is 19.3 Å². The highest BCUT2D eigenvalue weighted by molar-refractivity contribution is 7.89. The minimum absolute atomic E-state index is 0.00125. The number of Topliss-reactive ketones (excluding diaryl/α,β-unsaturated/α-hetero) is 1. The van der Waals surface area contributed by atoms with E-state index in [1.807, 2.05) is 0 Å². The molecule has 0 amide bonds. The lowest BCUT2D eigenvalue weighted by molar-refractivity contribution is -0.137. The number of ketones is 1. The van der Waals surface area contributed by atoms with Gasteiger partial charge in [0.05, 0.1) is 16.0 Å². The molecule has 0 aromatic heterocycles. The van der Waals surface area contributed by atoms with Crippen molar-refractivity contribution in [2.75, 3.05) is 14.1 Å². The van der Waals surface area contributed by atoms with Gasteiger partial charge in [0.25, 0.3) is 0 Å². The van der Waals surface area contributed by atoms with Crippen molar-refractivity contribution in [3.63, 3.8) is 0 Å². The maximum atomic E-state index is 13.0. The molecular formula is C23H22F3NO5S. The van der Waals surface area contributed by atoms with Gasteiger partial charge in [-0.3, -0.25) is 4.79 Å². The average Bonchev–Trinajstić information content (AvgIpc) is 2.78. The fourth-order valence-corrected chi connectivity index (χ4v) is 4.29. The Hall–Kier alpha value is -2.98. The Balaban J connectivity index is 1.86. The van der Waals surface area contributed by atoms with Crippen LogP contribution in [0.2, 0.25) is 0 Å². The van der Waals surface area contributed by atoms with Crippen molar-refractivity contribution < 1.29 is 35.9 Å². The number of ether oxygens (including phenoxy) is 1. The zero-order valence-electron chi connectivity index (χ0n) is 18.0. The molecule has 0 spiro atoms. The minimum atomic E-state index is -4.58. The Labute approximate surface area is 189 Å². The summed E-state index contributed by atoms with van der Waals surface area (Å²) in [6, 6.07) is 9.27. The molecule has 33 heavy (non-hydrogen) atoms. The molecule has 176 valence electrons. The molecule has 1 aliphatic rings. The van der Waals surface area contributed by atoms with Crippen molar-refractivity contribution >= 4 is 21.8 Å². The third kappa shape index (κ3) is 5.51. The van der Waals surface area contributed by atoms with Crippen molar-refractivity contribution in [1.82, 2.24) is 4.31 Å². The van der Waals surface area contributed by atoms with Gasteiger partial charge in [0, 0.05) is 31.7 Å². The van der Waals surface area contributed by atoms with Gasteiger partial charge in [0.1, 0.15) is 5.76 Å². The molecule has 0 radical (unpaired) electrons. The number of alkyl halides is 3. The third-order valence-electron chi connectivity index (χ3n) is 5.23. The second-order valence-corrected chi connectivity index (χ2v) is 9.87. The standard InChI is InChI=1S/C23H22F3NO5S/c1-27(2)33(30,31)18-12-10-15(11-13-18)22(29)32-20-9-4-3-8-19(20)21(28)16-6-5-7-17(14-16)23(24,25)26/h5-7,10-14H,3-4,8-9H2,1-2H3. The highest BCUT2D eigenvalue weighted by atomic mass is 32.2. The zero-order chi connectivity index (χ0) is 24.4. The molecular weight excluding hydrogens is 459 g/mol. The topological polar surface area (TPSA) is 80.8 Å². The van der Waals surface area contributed by atoms with E-state index < -0.39 is 33.5 Å². The number of hydrogen-bond acceptors (Lipinski definition) is 5. The number of nitrogens with zero attached hydrogens (tertiary/aromatic N) is 1. The summed E-state index contributed by atoms with van der Waals surface area (Å²) in [5.74, 6) is -1.27. The number of halogens is 3. The van der Waals surface area contributed by atoms with Crippen LogP contribution in [0.5, 0.6) is 0 Å². The van der Waals surface area contributed by atoms with Crippen LogP contribution in [0.3, 0.4) is 0 Å². The molecule has 0 heterocycles. The van der Waals surface area contributed by atoms with E-state index in [0.717, 1.165) is 22.5 Å². The predicted octanol–water partition coefficient (Wildman–Crippen LogP) is 4.82. The summed E-state index contributed by atoms with van der Waals surface area (Å²) in [7, 11) is -0.894. The molecule has 1 aliphatic carbocycles. The number of allylic oxidation sites excluding steroid dienone is 2. The molecule has 0 unspecified atom stereocenters. The van der Waals surface area contributed by atoms with Gasteiger partial charge in [-0.25, -0.2) is 17.5 Å². The first-order chi connectivity index (χ1) is 15.4. The fraction of sp³-hybridized carbons (Fsp3) is 0.304. The first-order valence-electron chi connectivity index (χ1n) is 10.1. The van der Waals surface area contributed by atoms with Gasteiger partial charge in [-0.2, -0.15) is 13.2 Å². The Morgan fingerprint density at radius 1 is 0.939 bits per heavy atom. The summed E-state index contributed by atoms with van der Waals surface area (Å²) < 4.78 is 69.9. The molecule has 2 aromatic carbocycles. The Bertz CT molecular complexity index is 1200. The lowest BCUT2D eigenvalue weighted by Gasteiger charge is -2.19. The predicted molar refractivity (Wildman–Crippen MR) is 114 cm³/mol. The lowest BCUT2D eigenvalue weighted by atomic mass is 9.91. The average molecular weight is 481 g/mol. The van der Waals surface area contributed by atoms with Crippen LogP contribution in [0, 0.1) is 0 Å². The largest absolute Gasteiger partial charge is 0.427 e. The number of carbonyl (C=O) groups is 2. The van der Waals surface area contributed by atoms with Gasteiger partial charge in [0.2, 0.25) is 10.0 Å². The van der Waals surface area contributed by atoms with Crippen molar-refractivity contribution in [3.8, 4) is 0 Å². The molecule has 0 saturated carbocycles. The van der Waals surface area contributed by atoms with Crippen molar-refractivity contribution in [2.45, 2.75) is 36.8 Å². The Morgan fingerprint density at radius 2 is 1.58 bits per heavy atom. The summed E-state index contributed by atoms with van der Waals surface area (Å²) in [6.45, 7) is 0. The number of sulfonamides is 1. The van der Waals surface area contributed by atoms with E-state index in [4.69, 9.17) is 4.74 Å². The van der Waals surface area contributed by atoms with Crippen molar-refractivity contribution in [2.24, 2.45) is 0 Å². The summed E-state index contributed by atoms with van der Waals surface area (Å²) >= 11 is 0. The maximum absolute atomic E-state index is 13.0. The van der Waals surface area contributed by atoms with Gasteiger partial charge >= 0.3 is 12.1 Å². The van der Waals surface area contributed by atoms with E-state index >= 15 is 0 Å². The van der Waals surface area contributed by atoms with Gasteiger partial charge in [0.15, 0.2) is 5.78 Å². The van der Waals surface area contributed by atoms with Gasteiger partial charge in [-0.05, 0) is 55.7 Å². The van der Waals surface area contributed by atoms with Crippen LogP contribution in [-0.2, 0) is 20.9 Å². The van der Waals surface area contributed by atoms with E-state index in [9.17, 15) is 31.2 Å². The Kier molecular flexibility index (Phi) is 7.08. The van der Waals surface area contributed by atoms with Crippen LogP contribution >= 0.6 is 0 Å². The third-order valence-corrected chi connectivity index (χ3v) is 7.06. The molecule has 10 heteroatoms. The molecule has 0 saturated heterocycles. The van der Waals surface area contributed by atoms with Crippen LogP contribution in [0.25, 0.3) is 0 Å². The highest BCUT2D eigenvalue weighted by Gasteiger charge is 2.32. The second-order valence-electron chi connectivity index (χ2n) is 7.72.